The Bertz CT molecular complexity index is 609. The standard InChI is InChI=1S/C17H22N4/c1-12(2)17-19-15(18)11-16(20-17)21-9-7-13-5-3-4-6-14(13)8-10-21/h3-6,11-12H,7-10H2,1-2H3,(H2,18,19,20). The van der Waals surface area contributed by atoms with Gasteiger partial charge in [0.25, 0.3) is 0 Å². The Morgan fingerprint density at radius 1 is 1.05 bits per heavy atom. The van der Waals surface area contributed by atoms with Crippen molar-refractivity contribution in [2.75, 3.05) is 23.7 Å². The molecule has 4 nitrogen and oxygen atoms in total. The molecule has 1 aromatic carbocycles. The van der Waals surface area contributed by atoms with E-state index in [-0.39, 0.29) is 5.92 Å². The summed E-state index contributed by atoms with van der Waals surface area (Å²) in [6.07, 6.45) is 2.11. The number of nitrogen functional groups attached to an aromatic ring is 1. The van der Waals surface area contributed by atoms with Gasteiger partial charge in [-0.1, -0.05) is 38.1 Å². The third kappa shape index (κ3) is 2.99. The zero-order chi connectivity index (χ0) is 14.8. The van der Waals surface area contributed by atoms with Gasteiger partial charge in [0.2, 0.25) is 0 Å². The van der Waals surface area contributed by atoms with Gasteiger partial charge in [-0.2, -0.15) is 0 Å². The first-order valence-electron chi connectivity index (χ1n) is 7.59. The predicted octanol–water partition coefficient (Wildman–Crippen LogP) is 2.79. The number of aromatic nitrogens is 2. The summed E-state index contributed by atoms with van der Waals surface area (Å²) in [4.78, 5) is 11.4. The van der Waals surface area contributed by atoms with Crippen LogP contribution in [0.5, 0.6) is 0 Å². The monoisotopic (exact) mass is 282 g/mol. The summed E-state index contributed by atoms with van der Waals surface area (Å²) >= 11 is 0. The second kappa shape index (κ2) is 5.72. The quantitative estimate of drug-likeness (QED) is 0.920. The van der Waals surface area contributed by atoms with Crippen LogP contribution >= 0.6 is 0 Å². The molecule has 21 heavy (non-hydrogen) atoms. The number of nitrogens with two attached hydrogens (primary N) is 1. The van der Waals surface area contributed by atoms with Gasteiger partial charge in [-0.15, -0.1) is 0 Å². The van der Waals surface area contributed by atoms with Crippen molar-refractivity contribution >= 4 is 11.6 Å². The molecular weight excluding hydrogens is 260 g/mol. The topological polar surface area (TPSA) is 55.0 Å². The molecule has 2 aromatic rings. The van der Waals surface area contributed by atoms with Gasteiger partial charge in [0.1, 0.15) is 17.5 Å². The van der Waals surface area contributed by atoms with Gasteiger partial charge in [0.05, 0.1) is 0 Å². The molecule has 1 aliphatic heterocycles. The van der Waals surface area contributed by atoms with Crippen LogP contribution < -0.4 is 10.6 Å². The van der Waals surface area contributed by atoms with Crippen LogP contribution in [0.15, 0.2) is 30.3 Å². The largest absolute Gasteiger partial charge is 0.384 e. The Morgan fingerprint density at radius 3 is 2.24 bits per heavy atom. The van der Waals surface area contributed by atoms with E-state index in [9.17, 15) is 0 Å². The Hall–Kier alpha value is -2.10. The third-order valence-corrected chi connectivity index (χ3v) is 4.01. The Labute approximate surface area is 126 Å². The summed E-state index contributed by atoms with van der Waals surface area (Å²) in [6, 6.07) is 10.6. The van der Waals surface area contributed by atoms with E-state index in [0.717, 1.165) is 37.6 Å². The molecule has 0 atom stereocenters. The first kappa shape index (κ1) is 13.9. The number of fused-ring (bicyclic) bond motifs is 1. The zero-order valence-electron chi connectivity index (χ0n) is 12.7. The van der Waals surface area contributed by atoms with Crippen LogP contribution in [-0.2, 0) is 12.8 Å². The Morgan fingerprint density at radius 2 is 1.67 bits per heavy atom. The number of hydrogen-bond acceptors (Lipinski definition) is 4. The molecule has 0 unspecified atom stereocenters. The molecular formula is C17H22N4. The van der Waals surface area contributed by atoms with Crippen LogP contribution in [-0.4, -0.2) is 23.1 Å². The summed E-state index contributed by atoms with van der Waals surface area (Å²) in [5, 5.41) is 0. The fraction of sp³-hybridized carbons (Fsp3) is 0.412. The highest BCUT2D eigenvalue weighted by Gasteiger charge is 2.16. The molecule has 2 heterocycles. The average molecular weight is 282 g/mol. The molecule has 4 heteroatoms. The normalized spacial score (nSPS) is 14.9. The molecule has 0 radical (unpaired) electrons. The lowest BCUT2D eigenvalue weighted by Crippen LogP contribution is -2.27. The summed E-state index contributed by atoms with van der Waals surface area (Å²) < 4.78 is 0. The molecule has 0 amide bonds. The third-order valence-electron chi connectivity index (χ3n) is 4.01. The van der Waals surface area contributed by atoms with Gasteiger partial charge < -0.3 is 10.6 Å². The van der Waals surface area contributed by atoms with Gasteiger partial charge in [0.15, 0.2) is 0 Å². The van der Waals surface area contributed by atoms with Gasteiger partial charge in [-0.25, -0.2) is 9.97 Å². The van der Waals surface area contributed by atoms with Crippen molar-refractivity contribution in [2.45, 2.75) is 32.6 Å². The van der Waals surface area contributed by atoms with E-state index in [4.69, 9.17) is 10.7 Å². The SMILES string of the molecule is CC(C)c1nc(N)cc(N2CCc3ccccc3CC2)n1. The maximum Gasteiger partial charge on any atom is 0.135 e. The molecule has 0 saturated heterocycles. The lowest BCUT2D eigenvalue weighted by atomic mass is 10.0. The molecule has 1 aromatic heterocycles. The maximum atomic E-state index is 5.95. The summed E-state index contributed by atoms with van der Waals surface area (Å²) in [7, 11) is 0. The fourth-order valence-electron chi connectivity index (χ4n) is 2.79. The van der Waals surface area contributed by atoms with Crippen LogP contribution in [0.4, 0.5) is 11.6 Å². The number of anilines is 2. The summed E-state index contributed by atoms with van der Waals surface area (Å²) in [6.45, 7) is 6.14. The number of nitrogens with zero attached hydrogens (tertiary/aromatic N) is 3. The van der Waals surface area contributed by atoms with E-state index in [1.54, 1.807) is 0 Å². The molecule has 110 valence electrons. The van der Waals surface area contributed by atoms with E-state index in [1.165, 1.54) is 11.1 Å². The van der Waals surface area contributed by atoms with Crippen molar-refractivity contribution in [3.8, 4) is 0 Å². The van der Waals surface area contributed by atoms with Gasteiger partial charge in [-0.05, 0) is 24.0 Å². The first-order valence-corrected chi connectivity index (χ1v) is 7.59. The minimum absolute atomic E-state index is 0.288. The van der Waals surface area contributed by atoms with E-state index in [0.29, 0.717) is 5.82 Å². The van der Waals surface area contributed by atoms with E-state index < -0.39 is 0 Å². The molecule has 2 N–H and O–H groups in total. The van der Waals surface area contributed by atoms with Crippen LogP contribution in [0.1, 0.15) is 36.7 Å². The highest BCUT2D eigenvalue weighted by atomic mass is 15.2. The van der Waals surface area contributed by atoms with Crippen LogP contribution in [0.3, 0.4) is 0 Å². The molecule has 1 aliphatic rings. The molecule has 3 rings (SSSR count). The van der Waals surface area contributed by atoms with Crippen molar-refractivity contribution in [3.05, 3.63) is 47.3 Å². The minimum Gasteiger partial charge on any atom is -0.384 e. The van der Waals surface area contributed by atoms with Gasteiger partial charge in [-0.3, -0.25) is 0 Å². The second-order valence-corrected chi connectivity index (χ2v) is 5.92. The lowest BCUT2D eigenvalue weighted by molar-refractivity contribution is 0.744. The van der Waals surface area contributed by atoms with E-state index >= 15 is 0 Å². The van der Waals surface area contributed by atoms with Crippen molar-refractivity contribution in [1.82, 2.24) is 9.97 Å². The van der Waals surface area contributed by atoms with E-state index in [1.807, 2.05) is 6.07 Å². The maximum absolute atomic E-state index is 5.95. The van der Waals surface area contributed by atoms with E-state index in [2.05, 4.69) is 48.0 Å². The Kier molecular flexibility index (Phi) is 3.78. The van der Waals surface area contributed by atoms with Crippen LogP contribution in [0.2, 0.25) is 0 Å². The smallest absolute Gasteiger partial charge is 0.135 e. The average Bonchev–Trinajstić information content (AvgIpc) is 2.69. The van der Waals surface area contributed by atoms with Gasteiger partial charge >= 0.3 is 0 Å². The number of benzene rings is 1. The summed E-state index contributed by atoms with van der Waals surface area (Å²) in [5.41, 5.74) is 8.85. The molecule has 0 fully saturated rings. The van der Waals surface area contributed by atoms with Crippen molar-refractivity contribution < 1.29 is 0 Å². The van der Waals surface area contributed by atoms with Crippen LogP contribution in [0, 0.1) is 0 Å². The highest BCUT2D eigenvalue weighted by molar-refractivity contribution is 5.48. The molecule has 0 bridgehead atoms. The molecule has 0 saturated carbocycles. The minimum atomic E-state index is 0.288. The first-order chi connectivity index (χ1) is 10.1. The van der Waals surface area contributed by atoms with Crippen LogP contribution in [0.25, 0.3) is 0 Å². The van der Waals surface area contributed by atoms with Crippen molar-refractivity contribution in [1.29, 1.82) is 0 Å². The highest BCUT2D eigenvalue weighted by Crippen LogP contribution is 2.22. The van der Waals surface area contributed by atoms with Crippen molar-refractivity contribution in [3.63, 3.8) is 0 Å². The summed E-state index contributed by atoms with van der Waals surface area (Å²) in [5.74, 6) is 2.63. The number of hydrogen-bond donors (Lipinski definition) is 1. The Balaban J connectivity index is 1.86. The van der Waals surface area contributed by atoms with Crippen molar-refractivity contribution in [2.24, 2.45) is 0 Å². The number of rotatable bonds is 2. The molecule has 0 aliphatic carbocycles. The fourth-order valence-corrected chi connectivity index (χ4v) is 2.79. The predicted molar refractivity (Wildman–Crippen MR) is 86.6 cm³/mol. The zero-order valence-corrected chi connectivity index (χ0v) is 12.7. The second-order valence-electron chi connectivity index (χ2n) is 5.92. The molecule has 0 spiro atoms. The van der Waals surface area contributed by atoms with Gasteiger partial charge in [0, 0.05) is 25.1 Å². The lowest BCUT2D eigenvalue weighted by Gasteiger charge is -2.22.